The molecular formula is C14H18ClN3O2. The Bertz CT molecular complexity index is 525. The van der Waals surface area contributed by atoms with Gasteiger partial charge in [0.2, 0.25) is 0 Å². The number of piperidine rings is 1. The summed E-state index contributed by atoms with van der Waals surface area (Å²) in [5, 5.41) is 10.8. The molecule has 2 fully saturated rings. The van der Waals surface area contributed by atoms with Gasteiger partial charge in [-0.3, -0.25) is 9.78 Å². The number of fused-ring (bicyclic) bond motifs is 1. The number of aromatic nitrogens is 2. The van der Waals surface area contributed by atoms with Crippen molar-refractivity contribution in [2.24, 2.45) is 5.92 Å². The van der Waals surface area contributed by atoms with E-state index in [1.807, 2.05) is 0 Å². The molecule has 6 heteroatoms. The molecule has 1 aliphatic carbocycles. The van der Waals surface area contributed by atoms with Crippen LogP contribution in [0.25, 0.3) is 0 Å². The van der Waals surface area contributed by atoms with Gasteiger partial charge in [-0.15, -0.1) is 0 Å². The average Bonchev–Trinajstić information content (AvgIpc) is 2.45. The number of hydrogen-bond acceptors (Lipinski definition) is 4. The summed E-state index contributed by atoms with van der Waals surface area (Å²) in [6.07, 6.45) is 7.56. The van der Waals surface area contributed by atoms with Gasteiger partial charge in [0, 0.05) is 19.0 Å². The Balaban J connectivity index is 1.74. The maximum absolute atomic E-state index is 12.4. The first-order valence-electron chi connectivity index (χ1n) is 7.08. The minimum atomic E-state index is -0.574. The summed E-state index contributed by atoms with van der Waals surface area (Å²) in [5.74, 6) is 0.0358. The van der Waals surface area contributed by atoms with Crippen LogP contribution < -0.4 is 0 Å². The van der Waals surface area contributed by atoms with E-state index in [0.29, 0.717) is 19.5 Å². The van der Waals surface area contributed by atoms with Crippen molar-refractivity contribution < 1.29 is 9.90 Å². The zero-order valence-corrected chi connectivity index (χ0v) is 12.0. The highest BCUT2D eigenvalue weighted by Crippen LogP contribution is 2.39. The highest BCUT2D eigenvalue weighted by Gasteiger charge is 2.43. The lowest BCUT2D eigenvalue weighted by atomic mass is 9.71. The molecule has 2 unspecified atom stereocenters. The molecular weight excluding hydrogens is 278 g/mol. The predicted octanol–water partition coefficient (Wildman–Crippen LogP) is 1.90. The summed E-state index contributed by atoms with van der Waals surface area (Å²) < 4.78 is 0. The maximum Gasteiger partial charge on any atom is 0.274 e. The molecule has 2 aliphatic rings. The third-order valence-electron chi connectivity index (χ3n) is 4.54. The number of likely N-dealkylation sites (tertiary alicyclic amines) is 1. The smallest absolute Gasteiger partial charge is 0.274 e. The average molecular weight is 296 g/mol. The second-order valence-corrected chi connectivity index (χ2v) is 6.16. The normalized spacial score (nSPS) is 29.9. The topological polar surface area (TPSA) is 66.3 Å². The first-order chi connectivity index (χ1) is 9.58. The van der Waals surface area contributed by atoms with Crippen molar-refractivity contribution in [3.63, 3.8) is 0 Å². The van der Waals surface area contributed by atoms with E-state index in [2.05, 4.69) is 9.97 Å². The Morgan fingerprint density at radius 2 is 2.25 bits per heavy atom. The molecule has 20 heavy (non-hydrogen) atoms. The van der Waals surface area contributed by atoms with Gasteiger partial charge in [-0.2, -0.15) is 0 Å². The highest BCUT2D eigenvalue weighted by atomic mass is 35.5. The zero-order valence-electron chi connectivity index (χ0n) is 11.3. The van der Waals surface area contributed by atoms with E-state index in [-0.39, 0.29) is 22.7 Å². The molecule has 2 heterocycles. The summed E-state index contributed by atoms with van der Waals surface area (Å²) >= 11 is 5.78. The third-order valence-corrected chi connectivity index (χ3v) is 4.72. The highest BCUT2D eigenvalue weighted by molar-refractivity contribution is 6.29. The van der Waals surface area contributed by atoms with Gasteiger partial charge in [0.15, 0.2) is 0 Å². The molecule has 1 amide bonds. The lowest BCUT2D eigenvalue weighted by Gasteiger charge is -2.47. The molecule has 1 aromatic rings. The first-order valence-corrected chi connectivity index (χ1v) is 7.45. The van der Waals surface area contributed by atoms with Crippen LogP contribution in [0.1, 0.15) is 42.6 Å². The molecule has 1 N–H and O–H groups in total. The second-order valence-electron chi connectivity index (χ2n) is 5.77. The number of amides is 1. The van der Waals surface area contributed by atoms with Gasteiger partial charge in [0.05, 0.1) is 18.0 Å². The number of nitrogens with zero attached hydrogens (tertiary/aromatic N) is 3. The van der Waals surface area contributed by atoms with Crippen LogP contribution in [-0.4, -0.2) is 44.6 Å². The SMILES string of the molecule is O=C(c1cncc(Cl)n1)N1CCC2(O)CCCCC2C1. The molecule has 1 aliphatic heterocycles. The molecule has 1 aromatic heterocycles. The Kier molecular flexibility index (Phi) is 3.65. The van der Waals surface area contributed by atoms with Gasteiger partial charge in [-0.05, 0) is 19.3 Å². The van der Waals surface area contributed by atoms with Crippen LogP contribution in [0, 0.1) is 5.92 Å². The van der Waals surface area contributed by atoms with Gasteiger partial charge in [0.25, 0.3) is 5.91 Å². The summed E-state index contributed by atoms with van der Waals surface area (Å²) in [6.45, 7) is 1.17. The van der Waals surface area contributed by atoms with E-state index in [4.69, 9.17) is 11.6 Å². The molecule has 0 radical (unpaired) electrons. The second kappa shape index (κ2) is 5.30. The van der Waals surface area contributed by atoms with E-state index in [1.165, 1.54) is 12.4 Å². The molecule has 108 valence electrons. The minimum absolute atomic E-state index is 0.146. The van der Waals surface area contributed by atoms with Gasteiger partial charge in [-0.25, -0.2) is 4.98 Å². The number of carbonyl (C=O) groups excluding carboxylic acids is 1. The minimum Gasteiger partial charge on any atom is -0.389 e. The number of hydrogen-bond donors (Lipinski definition) is 1. The summed E-state index contributed by atoms with van der Waals surface area (Å²) in [4.78, 5) is 22.1. The van der Waals surface area contributed by atoms with Gasteiger partial charge < -0.3 is 10.0 Å². The van der Waals surface area contributed by atoms with Crippen molar-refractivity contribution in [3.05, 3.63) is 23.2 Å². The molecule has 5 nitrogen and oxygen atoms in total. The Morgan fingerprint density at radius 3 is 3.05 bits per heavy atom. The number of aliphatic hydroxyl groups is 1. The maximum atomic E-state index is 12.4. The summed E-state index contributed by atoms with van der Waals surface area (Å²) in [6, 6.07) is 0. The van der Waals surface area contributed by atoms with Crippen LogP contribution in [0.15, 0.2) is 12.4 Å². The van der Waals surface area contributed by atoms with Crippen molar-refractivity contribution in [2.45, 2.75) is 37.7 Å². The van der Waals surface area contributed by atoms with Gasteiger partial charge in [-0.1, -0.05) is 24.4 Å². The summed E-state index contributed by atoms with van der Waals surface area (Å²) in [5.41, 5.74) is -0.298. The molecule has 3 rings (SSSR count). The van der Waals surface area contributed by atoms with E-state index in [1.54, 1.807) is 4.90 Å². The standard InChI is InChI=1S/C14H18ClN3O2/c15-12-8-16-7-11(17-12)13(19)18-6-5-14(20)4-2-1-3-10(14)9-18/h7-8,10,20H,1-6,9H2. The fourth-order valence-electron chi connectivity index (χ4n) is 3.36. The van der Waals surface area contributed by atoms with Crippen molar-refractivity contribution in [1.29, 1.82) is 0 Å². The lowest BCUT2D eigenvalue weighted by Crippen LogP contribution is -2.54. The Hall–Kier alpha value is -1.20. The molecule has 1 saturated carbocycles. The van der Waals surface area contributed by atoms with Crippen LogP contribution >= 0.6 is 11.6 Å². The molecule has 1 saturated heterocycles. The fraction of sp³-hybridized carbons (Fsp3) is 0.643. The van der Waals surface area contributed by atoms with E-state index < -0.39 is 5.60 Å². The van der Waals surface area contributed by atoms with Gasteiger partial charge in [0.1, 0.15) is 10.8 Å². The number of halogens is 1. The first kappa shape index (κ1) is 13.8. The molecule has 0 spiro atoms. The van der Waals surface area contributed by atoms with Crippen LogP contribution in [-0.2, 0) is 0 Å². The van der Waals surface area contributed by atoms with Crippen molar-refractivity contribution >= 4 is 17.5 Å². The summed E-state index contributed by atoms with van der Waals surface area (Å²) in [7, 11) is 0. The fourth-order valence-corrected chi connectivity index (χ4v) is 3.51. The van der Waals surface area contributed by atoms with Crippen LogP contribution in [0.2, 0.25) is 5.15 Å². The lowest BCUT2D eigenvalue weighted by molar-refractivity contribution is -0.0886. The van der Waals surface area contributed by atoms with Crippen LogP contribution in [0.4, 0.5) is 0 Å². The number of rotatable bonds is 1. The molecule has 0 bridgehead atoms. The predicted molar refractivity (Wildman–Crippen MR) is 74.5 cm³/mol. The van der Waals surface area contributed by atoms with Crippen LogP contribution in [0.5, 0.6) is 0 Å². The monoisotopic (exact) mass is 295 g/mol. The van der Waals surface area contributed by atoms with Crippen molar-refractivity contribution in [1.82, 2.24) is 14.9 Å². The number of carbonyl (C=O) groups is 1. The van der Waals surface area contributed by atoms with Gasteiger partial charge >= 0.3 is 0 Å². The molecule has 0 aromatic carbocycles. The molecule has 2 atom stereocenters. The van der Waals surface area contributed by atoms with Crippen LogP contribution in [0.3, 0.4) is 0 Å². The van der Waals surface area contributed by atoms with E-state index in [0.717, 1.165) is 25.7 Å². The Morgan fingerprint density at radius 1 is 1.40 bits per heavy atom. The third kappa shape index (κ3) is 2.52. The Labute approximate surface area is 123 Å². The van der Waals surface area contributed by atoms with E-state index in [9.17, 15) is 9.90 Å². The van der Waals surface area contributed by atoms with Crippen molar-refractivity contribution in [2.75, 3.05) is 13.1 Å². The van der Waals surface area contributed by atoms with Crippen molar-refractivity contribution in [3.8, 4) is 0 Å². The largest absolute Gasteiger partial charge is 0.389 e. The van der Waals surface area contributed by atoms with E-state index >= 15 is 0 Å². The zero-order chi connectivity index (χ0) is 14.2. The quantitative estimate of drug-likeness (QED) is 0.859.